The van der Waals surface area contributed by atoms with Crippen LogP contribution in [0.15, 0.2) is 0 Å². The summed E-state index contributed by atoms with van der Waals surface area (Å²) in [4.78, 5) is 2.65. The second-order valence-corrected chi connectivity index (χ2v) is 5.65. The molecule has 0 aromatic carbocycles. The van der Waals surface area contributed by atoms with E-state index in [0.717, 1.165) is 12.5 Å². The van der Waals surface area contributed by atoms with Gasteiger partial charge in [0, 0.05) is 19.1 Å². The van der Waals surface area contributed by atoms with Gasteiger partial charge in [0.15, 0.2) is 0 Å². The van der Waals surface area contributed by atoms with Crippen LogP contribution < -0.4 is 5.73 Å². The Morgan fingerprint density at radius 1 is 1.18 bits per heavy atom. The van der Waals surface area contributed by atoms with E-state index in [4.69, 9.17) is 5.73 Å². The number of nitrogens with zero attached hydrogens (tertiary/aromatic N) is 1. The quantitative estimate of drug-likeness (QED) is 0.626. The fourth-order valence-electron chi connectivity index (χ4n) is 2.96. The topological polar surface area (TPSA) is 29.3 Å². The van der Waals surface area contributed by atoms with E-state index < -0.39 is 0 Å². The Kier molecular flexibility index (Phi) is 7.87. The molecule has 0 amide bonds. The zero-order valence-electron chi connectivity index (χ0n) is 12.0. The molecule has 0 bridgehead atoms. The van der Waals surface area contributed by atoms with Crippen LogP contribution in [-0.2, 0) is 0 Å². The lowest BCUT2D eigenvalue weighted by molar-refractivity contribution is 0.222. The molecule has 2 nitrogen and oxygen atoms in total. The van der Waals surface area contributed by atoms with E-state index in [1.807, 2.05) is 0 Å². The molecule has 1 rings (SSSR count). The summed E-state index contributed by atoms with van der Waals surface area (Å²) in [7, 11) is 0. The van der Waals surface area contributed by atoms with Gasteiger partial charge in [-0.2, -0.15) is 0 Å². The molecule has 2 atom stereocenters. The van der Waals surface area contributed by atoms with Gasteiger partial charge in [0.05, 0.1) is 0 Å². The Hall–Kier alpha value is -0.0800. The van der Waals surface area contributed by atoms with Crippen molar-refractivity contribution >= 4 is 0 Å². The molecule has 2 unspecified atom stereocenters. The van der Waals surface area contributed by atoms with Crippen LogP contribution >= 0.6 is 0 Å². The molecule has 2 heteroatoms. The van der Waals surface area contributed by atoms with Crippen LogP contribution in [-0.4, -0.2) is 30.6 Å². The molecule has 1 aliphatic heterocycles. The van der Waals surface area contributed by atoms with Gasteiger partial charge in [0.25, 0.3) is 0 Å². The van der Waals surface area contributed by atoms with E-state index in [1.165, 1.54) is 64.5 Å². The van der Waals surface area contributed by atoms with Crippen molar-refractivity contribution in [1.82, 2.24) is 4.90 Å². The van der Waals surface area contributed by atoms with E-state index in [9.17, 15) is 0 Å². The van der Waals surface area contributed by atoms with Crippen molar-refractivity contribution in [2.24, 2.45) is 11.7 Å². The summed E-state index contributed by atoms with van der Waals surface area (Å²) in [6, 6.07) is 0.660. The molecule has 0 aromatic heterocycles. The molecule has 1 fully saturated rings. The maximum atomic E-state index is 5.94. The van der Waals surface area contributed by atoms with Gasteiger partial charge in [-0.25, -0.2) is 0 Å². The molecule has 1 aliphatic rings. The number of likely N-dealkylation sites (tertiary alicyclic amines) is 1. The lowest BCUT2D eigenvalue weighted by Crippen LogP contribution is -2.39. The summed E-state index contributed by atoms with van der Waals surface area (Å²) in [5.41, 5.74) is 5.94. The van der Waals surface area contributed by atoms with Gasteiger partial charge < -0.3 is 5.73 Å². The van der Waals surface area contributed by atoms with Gasteiger partial charge in [0.2, 0.25) is 0 Å². The highest BCUT2D eigenvalue weighted by atomic mass is 15.2. The van der Waals surface area contributed by atoms with Crippen molar-refractivity contribution < 1.29 is 0 Å². The number of hydrogen-bond acceptors (Lipinski definition) is 2. The van der Waals surface area contributed by atoms with E-state index in [0.29, 0.717) is 6.04 Å². The highest BCUT2D eigenvalue weighted by Crippen LogP contribution is 2.23. The SMILES string of the molecule is CCCCCCCC(CN)N1CCC(CC)C1. The molecule has 0 saturated carbocycles. The first-order chi connectivity index (χ1) is 8.31. The van der Waals surface area contributed by atoms with Crippen molar-refractivity contribution in [3.63, 3.8) is 0 Å². The standard InChI is InChI=1S/C15H32N2/c1-3-5-6-7-8-9-15(12-16)17-11-10-14(4-2)13-17/h14-15H,3-13,16H2,1-2H3. The Balaban J connectivity index is 2.15. The van der Waals surface area contributed by atoms with Crippen LogP contribution in [0.5, 0.6) is 0 Å². The lowest BCUT2D eigenvalue weighted by atomic mass is 10.0. The first kappa shape index (κ1) is 15.0. The third-order valence-electron chi connectivity index (χ3n) is 4.32. The van der Waals surface area contributed by atoms with Crippen LogP contribution in [0.3, 0.4) is 0 Å². The molecule has 102 valence electrons. The first-order valence-electron chi connectivity index (χ1n) is 7.75. The van der Waals surface area contributed by atoms with Crippen molar-refractivity contribution in [2.45, 2.75) is 71.3 Å². The van der Waals surface area contributed by atoms with Gasteiger partial charge in [0.1, 0.15) is 0 Å². The fraction of sp³-hybridized carbons (Fsp3) is 1.00. The van der Waals surface area contributed by atoms with Gasteiger partial charge in [-0.15, -0.1) is 0 Å². The molecule has 0 aliphatic carbocycles. The van der Waals surface area contributed by atoms with Crippen molar-refractivity contribution in [1.29, 1.82) is 0 Å². The minimum atomic E-state index is 0.660. The van der Waals surface area contributed by atoms with Crippen molar-refractivity contribution in [3.05, 3.63) is 0 Å². The Morgan fingerprint density at radius 2 is 1.94 bits per heavy atom. The molecular weight excluding hydrogens is 208 g/mol. The van der Waals surface area contributed by atoms with Crippen LogP contribution in [0.1, 0.15) is 65.2 Å². The normalized spacial score (nSPS) is 23.1. The first-order valence-corrected chi connectivity index (χ1v) is 7.75. The smallest absolute Gasteiger partial charge is 0.0218 e. The maximum Gasteiger partial charge on any atom is 0.0218 e. The molecule has 1 heterocycles. The monoisotopic (exact) mass is 240 g/mol. The zero-order chi connectivity index (χ0) is 12.5. The van der Waals surface area contributed by atoms with E-state index in [1.54, 1.807) is 0 Å². The van der Waals surface area contributed by atoms with Crippen molar-refractivity contribution in [3.8, 4) is 0 Å². The minimum absolute atomic E-state index is 0.660. The number of nitrogens with two attached hydrogens (primary N) is 1. The summed E-state index contributed by atoms with van der Waals surface area (Å²) in [6.45, 7) is 8.03. The second kappa shape index (κ2) is 8.93. The van der Waals surface area contributed by atoms with E-state index in [2.05, 4.69) is 18.7 Å². The molecule has 1 saturated heterocycles. The highest BCUT2D eigenvalue weighted by molar-refractivity contribution is 4.81. The van der Waals surface area contributed by atoms with Gasteiger partial charge >= 0.3 is 0 Å². The third-order valence-corrected chi connectivity index (χ3v) is 4.32. The summed E-state index contributed by atoms with van der Waals surface area (Å²) in [5.74, 6) is 0.934. The number of hydrogen-bond donors (Lipinski definition) is 1. The predicted molar refractivity (Wildman–Crippen MR) is 76.2 cm³/mol. The summed E-state index contributed by atoms with van der Waals surface area (Å²) in [6.07, 6.45) is 11.0. The summed E-state index contributed by atoms with van der Waals surface area (Å²) < 4.78 is 0. The van der Waals surface area contributed by atoms with Gasteiger partial charge in [-0.1, -0.05) is 52.4 Å². The number of rotatable bonds is 9. The molecule has 0 radical (unpaired) electrons. The molecule has 0 aromatic rings. The largest absolute Gasteiger partial charge is 0.329 e. The van der Waals surface area contributed by atoms with Crippen LogP contribution in [0.25, 0.3) is 0 Å². The lowest BCUT2D eigenvalue weighted by Gasteiger charge is -2.26. The minimum Gasteiger partial charge on any atom is -0.329 e. The van der Waals surface area contributed by atoms with Crippen LogP contribution in [0, 0.1) is 5.92 Å². The highest BCUT2D eigenvalue weighted by Gasteiger charge is 2.25. The van der Waals surface area contributed by atoms with Crippen LogP contribution in [0.4, 0.5) is 0 Å². The van der Waals surface area contributed by atoms with E-state index >= 15 is 0 Å². The average molecular weight is 240 g/mol. The maximum absolute atomic E-state index is 5.94. The van der Waals surface area contributed by atoms with Gasteiger partial charge in [-0.3, -0.25) is 4.90 Å². The average Bonchev–Trinajstić information content (AvgIpc) is 2.82. The number of unbranched alkanes of at least 4 members (excludes halogenated alkanes) is 4. The third kappa shape index (κ3) is 5.39. The molecule has 2 N–H and O–H groups in total. The predicted octanol–water partition coefficient (Wildman–Crippen LogP) is 3.41. The van der Waals surface area contributed by atoms with Crippen LogP contribution in [0.2, 0.25) is 0 Å². The zero-order valence-corrected chi connectivity index (χ0v) is 12.0. The second-order valence-electron chi connectivity index (χ2n) is 5.65. The Morgan fingerprint density at radius 3 is 2.53 bits per heavy atom. The molecular formula is C15H32N2. The van der Waals surface area contributed by atoms with E-state index in [-0.39, 0.29) is 0 Å². The Bertz CT molecular complexity index is 182. The molecule has 17 heavy (non-hydrogen) atoms. The fourth-order valence-corrected chi connectivity index (χ4v) is 2.96. The summed E-state index contributed by atoms with van der Waals surface area (Å²) in [5, 5.41) is 0. The molecule has 0 spiro atoms. The summed E-state index contributed by atoms with van der Waals surface area (Å²) >= 11 is 0. The van der Waals surface area contributed by atoms with Crippen molar-refractivity contribution in [2.75, 3.05) is 19.6 Å². The van der Waals surface area contributed by atoms with Gasteiger partial charge in [-0.05, 0) is 25.3 Å². The Labute approximate surface area is 108 Å².